The molecule has 2 unspecified atom stereocenters. The molecular formula is C79H158. The molecule has 0 saturated heterocycles. The Balaban J connectivity index is 0.000000440. The molecule has 0 aromatic carbocycles. The second-order valence-electron chi connectivity index (χ2n) is 33.5. The van der Waals surface area contributed by atoms with Crippen molar-refractivity contribution < 1.29 is 0 Å². The average Bonchev–Trinajstić information content (AvgIpc) is 4.35. The van der Waals surface area contributed by atoms with E-state index in [-0.39, 0.29) is 0 Å². The van der Waals surface area contributed by atoms with Crippen LogP contribution in [0.4, 0.5) is 0 Å². The lowest BCUT2D eigenvalue weighted by molar-refractivity contribution is 0.171. The zero-order valence-electron chi connectivity index (χ0n) is 58.9. The molecule has 474 valence electrons. The van der Waals surface area contributed by atoms with Crippen molar-refractivity contribution >= 4 is 0 Å². The van der Waals surface area contributed by atoms with Gasteiger partial charge in [0, 0.05) is 0 Å². The van der Waals surface area contributed by atoms with Crippen molar-refractivity contribution in [3.05, 3.63) is 0 Å². The maximum atomic E-state index is 2.17. The first kappa shape index (κ1) is 77.0. The second kappa shape index (κ2) is 47.2. The lowest BCUT2D eigenvalue weighted by atomic mass is 9.71. The van der Waals surface area contributed by atoms with E-state index in [4.69, 9.17) is 0 Å². The highest BCUT2D eigenvalue weighted by molar-refractivity contribution is 4.95. The molecule has 0 heterocycles. The van der Waals surface area contributed by atoms with E-state index in [1.807, 2.05) is 0 Å². The minimum atomic E-state index is 0.833. The van der Waals surface area contributed by atoms with Crippen molar-refractivity contribution in [2.75, 3.05) is 0 Å². The molecule has 0 heteroatoms. The third-order valence-electron chi connectivity index (χ3n) is 19.4. The minimum absolute atomic E-state index is 0.833. The number of rotatable bonds is 0. The summed E-state index contributed by atoms with van der Waals surface area (Å²) in [6.45, 7) is 39.0. The third-order valence-corrected chi connectivity index (χ3v) is 19.4. The van der Waals surface area contributed by atoms with Crippen molar-refractivity contribution in [3.8, 4) is 0 Å². The Morgan fingerprint density at radius 1 is 0.152 bits per heavy atom. The summed E-state index contributed by atoms with van der Waals surface area (Å²) in [6, 6.07) is 0. The predicted molar refractivity (Wildman–Crippen MR) is 364 cm³/mol. The molecule has 0 amide bonds. The van der Waals surface area contributed by atoms with Gasteiger partial charge in [0.2, 0.25) is 0 Å². The van der Waals surface area contributed by atoms with Gasteiger partial charge in [-0.15, -0.1) is 0 Å². The van der Waals surface area contributed by atoms with E-state index >= 15 is 0 Å². The number of hydrogen-bond acceptors (Lipinski definition) is 0. The molecule has 79 heavy (non-hydrogen) atoms. The largest absolute Gasteiger partial charge is 0.0630 e. The quantitative estimate of drug-likeness (QED) is 0.227. The van der Waals surface area contributed by atoms with Crippen LogP contribution in [0.15, 0.2) is 0 Å². The summed E-state index contributed by atoms with van der Waals surface area (Å²) < 4.78 is 0. The van der Waals surface area contributed by atoms with Crippen LogP contribution in [0.1, 0.15) is 414 Å². The Labute approximate surface area is 504 Å². The van der Waals surface area contributed by atoms with E-state index in [2.05, 4.69) is 125 Å². The van der Waals surface area contributed by atoms with E-state index in [1.165, 1.54) is 147 Å². The fourth-order valence-electron chi connectivity index (χ4n) is 15.2. The highest BCUT2D eigenvalue weighted by Gasteiger charge is 2.43. The summed E-state index contributed by atoms with van der Waals surface area (Å²) in [5.74, 6) is 14.3. The Bertz CT molecular complexity index is 1030. The fourth-order valence-corrected chi connectivity index (χ4v) is 15.2. The molecule has 0 radical (unpaired) electrons. The van der Waals surface area contributed by atoms with Crippen molar-refractivity contribution in [1.29, 1.82) is 0 Å². The van der Waals surface area contributed by atoms with Crippen LogP contribution < -0.4 is 0 Å². The molecule has 12 fully saturated rings. The van der Waals surface area contributed by atoms with E-state index in [0.29, 0.717) is 0 Å². The summed E-state index contributed by atoms with van der Waals surface area (Å²) in [6.07, 6.45) is 69.5. The van der Waals surface area contributed by atoms with E-state index in [0.717, 1.165) is 81.8 Å². The standard InChI is InChI=1S/3C10H18.C9H16.2C8H14.6C4H10/c3*1-2-6-10-8-4-3-7-9(10)5-1;1-2-5-9-7-3-6-8(9)4-1;2*1-2-4-8(5-3-1)6-7-8;6*1-4(2)3/h3*9-10H,1-8H2;8-9H,1-7H2;2*1-7H2;6*4H,1-3H3. The van der Waals surface area contributed by atoms with Crippen molar-refractivity contribution in [3.63, 3.8) is 0 Å². The SMILES string of the molecule is C1CCC2(CC1)CC2.C1CCC2(CC1)CC2.C1CCC2CCCC2C1.C1CCC2CCCCC2C1.C1CCC2CCCCC2C1.C1CCC2CCCCC2C1.CC(C)C.CC(C)C.CC(C)C.CC(C)C.CC(C)C.CC(C)C. The molecule has 2 spiro atoms. The predicted octanol–water partition coefficient (Wildman–Crippen LogP) is 28.5. The minimum Gasteiger partial charge on any atom is -0.0630 e. The summed E-state index contributed by atoms with van der Waals surface area (Å²) in [5, 5.41) is 0. The summed E-state index contributed by atoms with van der Waals surface area (Å²) in [5.41, 5.74) is 1.86. The highest BCUT2D eigenvalue weighted by atomic mass is 14.5. The van der Waals surface area contributed by atoms with Gasteiger partial charge in [0.05, 0.1) is 0 Å². The average molecular weight is 1110 g/mol. The third kappa shape index (κ3) is 44.2. The van der Waals surface area contributed by atoms with Crippen LogP contribution in [0.3, 0.4) is 0 Å². The smallest absolute Gasteiger partial charge is 0.0297 e. The van der Waals surface area contributed by atoms with Gasteiger partial charge in [-0.05, 0) is 145 Å². The first-order valence-corrected chi connectivity index (χ1v) is 37.6. The van der Waals surface area contributed by atoms with Gasteiger partial charge in [0.25, 0.3) is 0 Å². The normalized spacial score (nSPS) is 29.8. The topological polar surface area (TPSA) is 0 Å². The second-order valence-corrected chi connectivity index (χ2v) is 33.5. The fraction of sp³-hybridized carbons (Fsp3) is 1.00. The van der Waals surface area contributed by atoms with Gasteiger partial charge in [-0.3, -0.25) is 0 Å². The lowest BCUT2D eigenvalue weighted by Gasteiger charge is -2.35. The number of fused-ring (bicyclic) bond motifs is 4. The Morgan fingerprint density at radius 3 is 0.367 bits per heavy atom. The molecule has 0 aliphatic heterocycles. The molecule has 0 bridgehead atoms. The van der Waals surface area contributed by atoms with Crippen LogP contribution in [0.2, 0.25) is 0 Å². The lowest BCUT2D eigenvalue weighted by Crippen LogP contribution is -2.22. The van der Waals surface area contributed by atoms with Crippen molar-refractivity contribution in [2.24, 2.45) is 93.7 Å². The van der Waals surface area contributed by atoms with Crippen LogP contribution in [-0.4, -0.2) is 0 Å². The molecule has 0 aromatic rings. The molecule has 12 saturated carbocycles. The number of hydrogen-bond donors (Lipinski definition) is 0. The molecule has 0 N–H and O–H groups in total. The van der Waals surface area contributed by atoms with E-state index in [9.17, 15) is 0 Å². The molecule has 0 aromatic heterocycles. The van der Waals surface area contributed by atoms with Gasteiger partial charge in [-0.25, -0.2) is 0 Å². The Hall–Kier alpha value is 0. The zero-order chi connectivity index (χ0) is 58.9. The van der Waals surface area contributed by atoms with Crippen molar-refractivity contribution in [1.82, 2.24) is 0 Å². The monoisotopic (exact) mass is 1110 g/mol. The molecule has 0 nitrogen and oxygen atoms in total. The maximum absolute atomic E-state index is 2.17. The van der Waals surface area contributed by atoms with Crippen LogP contribution >= 0.6 is 0 Å². The highest BCUT2D eigenvalue weighted by Crippen LogP contribution is 2.57. The van der Waals surface area contributed by atoms with Gasteiger partial charge >= 0.3 is 0 Å². The van der Waals surface area contributed by atoms with Crippen LogP contribution in [-0.2, 0) is 0 Å². The summed E-state index contributed by atoms with van der Waals surface area (Å²) in [4.78, 5) is 0. The van der Waals surface area contributed by atoms with Gasteiger partial charge in [0.15, 0.2) is 0 Å². The Morgan fingerprint density at radius 2 is 0.266 bits per heavy atom. The molecule has 2 atom stereocenters. The summed E-state index contributed by atoms with van der Waals surface area (Å²) >= 11 is 0. The van der Waals surface area contributed by atoms with Crippen LogP contribution in [0.25, 0.3) is 0 Å². The molecule has 12 rings (SSSR count). The van der Waals surface area contributed by atoms with E-state index < -0.39 is 0 Å². The van der Waals surface area contributed by atoms with Gasteiger partial charge in [-0.2, -0.15) is 0 Å². The van der Waals surface area contributed by atoms with Crippen LogP contribution in [0.5, 0.6) is 0 Å². The van der Waals surface area contributed by atoms with Gasteiger partial charge in [0.1, 0.15) is 0 Å². The molecule has 12 aliphatic carbocycles. The van der Waals surface area contributed by atoms with Crippen LogP contribution in [0, 0.1) is 93.7 Å². The van der Waals surface area contributed by atoms with Gasteiger partial charge in [-0.1, -0.05) is 362 Å². The zero-order valence-corrected chi connectivity index (χ0v) is 58.9. The summed E-state index contributed by atoms with van der Waals surface area (Å²) in [7, 11) is 0. The Kier molecular flexibility index (Phi) is 46.0. The molecule has 12 aliphatic rings. The van der Waals surface area contributed by atoms with Crippen molar-refractivity contribution in [2.45, 2.75) is 414 Å². The maximum Gasteiger partial charge on any atom is -0.0297 e. The molecular weight excluding hydrogens is 949 g/mol. The first-order valence-electron chi connectivity index (χ1n) is 37.6. The first-order chi connectivity index (χ1) is 37.6. The van der Waals surface area contributed by atoms with E-state index in [1.54, 1.807) is 154 Å². The van der Waals surface area contributed by atoms with Gasteiger partial charge < -0.3 is 0 Å².